The molecule has 1 aliphatic rings. The minimum Gasteiger partial charge on any atom is -0.457 e. The number of likely N-dealkylation sites (N-methyl/N-ethyl adjacent to an activating group) is 1. The minimum absolute atomic E-state index is 0.0839. The van der Waals surface area contributed by atoms with Crippen LogP contribution in [0.1, 0.15) is 46.2 Å². The van der Waals surface area contributed by atoms with Crippen molar-refractivity contribution in [1.29, 1.82) is 0 Å². The fourth-order valence-electron chi connectivity index (χ4n) is 4.60. The zero-order chi connectivity index (χ0) is 27.9. The maximum atomic E-state index is 12.6. The number of likely N-dealkylation sites (tertiary alicyclic amines) is 1. The van der Waals surface area contributed by atoms with Crippen molar-refractivity contribution < 1.29 is 19.1 Å². The van der Waals surface area contributed by atoms with Crippen LogP contribution in [-0.2, 0) is 16.1 Å². The van der Waals surface area contributed by atoms with E-state index in [0.717, 1.165) is 18.4 Å². The summed E-state index contributed by atoms with van der Waals surface area (Å²) in [6.45, 7) is 6.35. The number of rotatable bonds is 9. The molecular weight excluding hydrogens is 498 g/mol. The van der Waals surface area contributed by atoms with E-state index in [1.165, 1.54) is 6.08 Å². The maximum Gasteiger partial charge on any atom is 0.338 e. The Hall–Kier alpha value is -4.80. The van der Waals surface area contributed by atoms with Crippen LogP contribution in [0.25, 0.3) is 0 Å². The van der Waals surface area contributed by atoms with E-state index in [1.807, 2.05) is 49.2 Å². The van der Waals surface area contributed by atoms with Crippen molar-refractivity contribution in [2.45, 2.75) is 38.5 Å². The molecule has 11 nitrogen and oxygen atoms in total. The number of ether oxygens (including phenoxy) is 1. The van der Waals surface area contributed by atoms with Crippen LogP contribution in [0.5, 0.6) is 0 Å². The summed E-state index contributed by atoms with van der Waals surface area (Å²) in [5.41, 5.74) is 7.06. The normalized spacial score (nSPS) is 16.7. The number of aromatic nitrogens is 3. The predicted octanol–water partition coefficient (Wildman–Crippen LogP) is 3.07. The number of carbonyl (C=O) groups excluding carboxylic acids is 3. The average Bonchev–Trinajstić information content (AvgIpc) is 2.95. The van der Waals surface area contributed by atoms with E-state index in [9.17, 15) is 14.4 Å². The van der Waals surface area contributed by atoms with Crippen molar-refractivity contribution >= 4 is 35.2 Å². The van der Waals surface area contributed by atoms with Gasteiger partial charge >= 0.3 is 5.97 Å². The summed E-state index contributed by atoms with van der Waals surface area (Å²) in [6, 6.07) is 15.8. The van der Waals surface area contributed by atoms with E-state index >= 15 is 0 Å². The zero-order valence-corrected chi connectivity index (χ0v) is 21.9. The number of esters is 1. The number of hydrogen-bond acceptors (Lipinski definition) is 9. The largest absolute Gasteiger partial charge is 0.457 e. The minimum atomic E-state index is -0.807. The van der Waals surface area contributed by atoms with E-state index < -0.39 is 11.9 Å². The standard InChI is InChI=1S/C28H31N7O4/c1-4-23(36)35-15-9-14-22(18(35)2)34(3)28-31-26(24(25(29)37)32-33-28)30-21-13-8-12-20(16-21)27(38)39-17-19-10-6-5-7-11-19/h4-8,10-13,16,18,22H,1,9,14-15,17H2,2-3H3,(H2,29,37)(H,30,31,33)/t18-,22-/m1/s1. The number of piperidine rings is 1. The van der Waals surface area contributed by atoms with Crippen LogP contribution >= 0.6 is 0 Å². The van der Waals surface area contributed by atoms with Gasteiger partial charge in [0.1, 0.15) is 6.61 Å². The molecule has 0 unspecified atom stereocenters. The van der Waals surface area contributed by atoms with Crippen LogP contribution in [0.4, 0.5) is 17.5 Å². The molecule has 0 spiro atoms. The van der Waals surface area contributed by atoms with Gasteiger partial charge in [0, 0.05) is 25.3 Å². The Morgan fingerprint density at radius 3 is 2.67 bits per heavy atom. The second kappa shape index (κ2) is 12.2. The molecule has 0 aliphatic carbocycles. The molecule has 4 rings (SSSR count). The van der Waals surface area contributed by atoms with Gasteiger partial charge in [-0.05, 0) is 49.6 Å². The van der Waals surface area contributed by atoms with Gasteiger partial charge in [-0.2, -0.15) is 4.98 Å². The Kier molecular flexibility index (Phi) is 8.50. The lowest BCUT2D eigenvalue weighted by Crippen LogP contribution is -2.55. The molecule has 0 radical (unpaired) electrons. The molecule has 2 heterocycles. The van der Waals surface area contributed by atoms with E-state index in [2.05, 4.69) is 27.1 Å². The molecule has 2 aromatic carbocycles. The smallest absolute Gasteiger partial charge is 0.338 e. The number of nitrogens with two attached hydrogens (primary N) is 1. The number of benzene rings is 2. The second-order valence-corrected chi connectivity index (χ2v) is 9.24. The number of nitrogens with zero attached hydrogens (tertiary/aromatic N) is 5. The Labute approximate surface area is 226 Å². The topological polar surface area (TPSA) is 144 Å². The van der Waals surface area contributed by atoms with Crippen LogP contribution in [-0.4, -0.2) is 63.5 Å². The lowest BCUT2D eigenvalue weighted by atomic mass is 9.96. The Balaban J connectivity index is 1.54. The Bertz CT molecular complexity index is 1370. The number of primary amides is 1. The third-order valence-corrected chi connectivity index (χ3v) is 6.70. The summed E-state index contributed by atoms with van der Waals surface area (Å²) in [4.78, 5) is 45.2. The number of anilines is 3. The summed E-state index contributed by atoms with van der Waals surface area (Å²) < 4.78 is 5.42. The van der Waals surface area contributed by atoms with Crippen molar-refractivity contribution in [1.82, 2.24) is 20.1 Å². The number of amides is 2. The van der Waals surface area contributed by atoms with Gasteiger partial charge in [-0.15, -0.1) is 10.2 Å². The van der Waals surface area contributed by atoms with Crippen LogP contribution < -0.4 is 16.0 Å². The van der Waals surface area contributed by atoms with Crippen LogP contribution in [0.2, 0.25) is 0 Å². The first-order valence-electron chi connectivity index (χ1n) is 12.6. The number of nitrogens with one attached hydrogen (secondary N) is 1. The summed E-state index contributed by atoms with van der Waals surface area (Å²) in [5.74, 6) is -1.08. The molecule has 1 aromatic heterocycles. The molecular formula is C28H31N7O4. The first-order chi connectivity index (χ1) is 18.8. The molecule has 1 saturated heterocycles. The molecule has 39 heavy (non-hydrogen) atoms. The summed E-state index contributed by atoms with van der Waals surface area (Å²) in [6.07, 6.45) is 2.94. The SMILES string of the molecule is C=CC(=O)N1CCC[C@@H](N(C)c2nnc(C(N)=O)c(Nc3cccc(C(=O)OCc4ccccc4)c3)n2)[C@H]1C. The summed E-state index contributed by atoms with van der Waals surface area (Å²) in [5, 5.41) is 11.2. The molecule has 3 N–H and O–H groups in total. The highest BCUT2D eigenvalue weighted by molar-refractivity contribution is 5.96. The van der Waals surface area contributed by atoms with Crippen LogP contribution in [0.3, 0.4) is 0 Å². The van der Waals surface area contributed by atoms with E-state index in [1.54, 1.807) is 29.2 Å². The first kappa shape index (κ1) is 27.2. The third kappa shape index (κ3) is 6.38. The molecule has 2 amide bonds. The third-order valence-electron chi connectivity index (χ3n) is 6.70. The van der Waals surface area contributed by atoms with E-state index in [4.69, 9.17) is 10.5 Å². The van der Waals surface area contributed by atoms with Gasteiger partial charge in [0.2, 0.25) is 11.9 Å². The highest BCUT2D eigenvalue weighted by atomic mass is 16.5. The molecule has 0 bridgehead atoms. The van der Waals surface area contributed by atoms with Gasteiger partial charge < -0.3 is 25.6 Å². The summed E-state index contributed by atoms with van der Waals surface area (Å²) in [7, 11) is 1.82. The lowest BCUT2D eigenvalue weighted by molar-refractivity contribution is -0.129. The van der Waals surface area contributed by atoms with Crippen molar-refractivity contribution in [3.8, 4) is 0 Å². The second-order valence-electron chi connectivity index (χ2n) is 9.24. The predicted molar refractivity (Wildman–Crippen MR) is 146 cm³/mol. The Morgan fingerprint density at radius 1 is 1.18 bits per heavy atom. The molecule has 0 saturated carbocycles. The van der Waals surface area contributed by atoms with Gasteiger partial charge in [-0.1, -0.05) is 43.0 Å². The zero-order valence-electron chi connectivity index (χ0n) is 21.9. The number of hydrogen-bond donors (Lipinski definition) is 2. The summed E-state index contributed by atoms with van der Waals surface area (Å²) >= 11 is 0. The fourth-order valence-corrected chi connectivity index (χ4v) is 4.60. The van der Waals surface area contributed by atoms with Crippen molar-refractivity contribution in [2.24, 2.45) is 5.73 Å². The lowest BCUT2D eigenvalue weighted by Gasteiger charge is -2.42. The quantitative estimate of drug-likeness (QED) is 0.316. The van der Waals surface area contributed by atoms with Crippen molar-refractivity contribution in [3.05, 3.63) is 84.1 Å². The number of carbonyl (C=O) groups is 3. The molecule has 1 aliphatic heterocycles. The van der Waals surface area contributed by atoms with Gasteiger partial charge in [0.25, 0.3) is 5.91 Å². The molecule has 11 heteroatoms. The maximum absolute atomic E-state index is 12.6. The van der Waals surface area contributed by atoms with E-state index in [-0.39, 0.29) is 42.1 Å². The van der Waals surface area contributed by atoms with Crippen LogP contribution in [0, 0.1) is 0 Å². The fraction of sp³-hybridized carbons (Fsp3) is 0.286. The highest BCUT2D eigenvalue weighted by Crippen LogP contribution is 2.26. The molecule has 2 atom stereocenters. The molecule has 202 valence electrons. The van der Waals surface area contributed by atoms with Gasteiger partial charge in [0.15, 0.2) is 11.5 Å². The highest BCUT2D eigenvalue weighted by Gasteiger charge is 2.34. The van der Waals surface area contributed by atoms with Gasteiger partial charge in [-0.25, -0.2) is 4.79 Å². The van der Waals surface area contributed by atoms with Crippen molar-refractivity contribution in [3.63, 3.8) is 0 Å². The van der Waals surface area contributed by atoms with Crippen LogP contribution in [0.15, 0.2) is 67.3 Å². The van der Waals surface area contributed by atoms with Gasteiger partial charge in [0.05, 0.1) is 11.6 Å². The average molecular weight is 530 g/mol. The van der Waals surface area contributed by atoms with Gasteiger partial charge in [-0.3, -0.25) is 9.59 Å². The molecule has 3 aromatic rings. The Morgan fingerprint density at radius 2 is 1.95 bits per heavy atom. The monoisotopic (exact) mass is 529 g/mol. The van der Waals surface area contributed by atoms with E-state index in [0.29, 0.717) is 17.8 Å². The molecule has 1 fully saturated rings. The first-order valence-corrected chi connectivity index (χ1v) is 12.6. The van der Waals surface area contributed by atoms with Crippen molar-refractivity contribution in [2.75, 3.05) is 23.8 Å².